The molecule has 0 radical (unpaired) electrons. The van der Waals surface area contributed by atoms with Crippen LogP contribution in [0.15, 0.2) is 72.8 Å². The minimum Gasteiger partial charge on any atom is -0.226 e. The van der Waals surface area contributed by atoms with Crippen LogP contribution in [0.25, 0.3) is 33.5 Å². The van der Waals surface area contributed by atoms with Crippen molar-refractivity contribution in [2.24, 2.45) is 14.1 Å². The Bertz CT molecular complexity index is 1030. The van der Waals surface area contributed by atoms with Gasteiger partial charge in [-0.15, -0.1) is 0 Å². The molecule has 0 bridgehead atoms. The summed E-state index contributed by atoms with van der Waals surface area (Å²) in [4.78, 5) is 0. The van der Waals surface area contributed by atoms with E-state index in [1.54, 1.807) is 0 Å². The molecule has 0 saturated heterocycles. The molecule has 0 spiro atoms. The Morgan fingerprint density at radius 2 is 1.50 bits per heavy atom. The van der Waals surface area contributed by atoms with Crippen LogP contribution in [0.2, 0.25) is 0 Å². The topological polar surface area (TPSA) is 8.81 Å². The minimum absolute atomic E-state index is 1.23. The fourth-order valence-corrected chi connectivity index (χ4v) is 3.52. The van der Waals surface area contributed by atoms with Crippen LogP contribution in [0.5, 0.6) is 0 Å². The van der Waals surface area contributed by atoms with Crippen LogP contribution in [-0.2, 0) is 14.1 Å². The average Bonchev–Trinajstić information content (AvgIpc) is 2.87. The summed E-state index contributed by atoms with van der Waals surface area (Å²) in [7, 11) is 4.30. The third-order valence-electron chi connectivity index (χ3n) is 4.83. The molecule has 0 N–H and O–H groups in total. The molecule has 0 aliphatic carbocycles. The van der Waals surface area contributed by atoms with Crippen molar-refractivity contribution in [1.29, 1.82) is 0 Å². The first kappa shape index (κ1) is 14.7. The monoisotopic (exact) mass is 313 g/mol. The summed E-state index contributed by atoms with van der Waals surface area (Å²) < 4.78 is 4.58. The van der Waals surface area contributed by atoms with E-state index in [0.29, 0.717) is 0 Å². The molecule has 0 aliphatic rings. The maximum Gasteiger partial charge on any atom is 0.289 e. The maximum absolute atomic E-state index is 2.30. The van der Waals surface area contributed by atoms with Gasteiger partial charge in [-0.05, 0) is 47.9 Å². The highest BCUT2D eigenvalue weighted by molar-refractivity contribution is 5.82. The predicted octanol–water partition coefficient (Wildman–Crippen LogP) is 4.65. The van der Waals surface area contributed by atoms with Gasteiger partial charge < -0.3 is 0 Å². The highest BCUT2D eigenvalue weighted by Gasteiger charge is 2.23. The molecule has 0 saturated carbocycles. The summed E-state index contributed by atoms with van der Waals surface area (Å²) in [6, 6.07) is 25.8. The first-order chi connectivity index (χ1) is 11.7. The Morgan fingerprint density at radius 3 is 2.25 bits per heavy atom. The van der Waals surface area contributed by atoms with E-state index >= 15 is 0 Å². The fraction of sp³-hybridized carbons (Fsp3) is 0.136. The molecule has 0 amide bonds. The van der Waals surface area contributed by atoms with Gasteiger partial charge in [0.25, 0.3) is 5.82 Å². The van der Waals surface area contributed by atoms with Gasteiger partial charge in [0.2, 0.25) is 0 Å². The second-order valence-electron chi connectivity index (χ2n) is 6.33. The second kappa shape index (κ2) is 5.64. The van der Waals surface area contributed by atoms with Crippen LogP contribution < -0.4 is 4.57 Å². The van der Waals surface area contributed by atoms with E-state index in [-0.39, 0.29) is 0 Å². The van der Waals surface area contributed by atoms with Gasteiger partial charge in [0.05, 0.1) is 19.7 Å². The summed E-state index contributed by atoms with van der Waals surface area (Å²) in [5.74, 6) is 1.23. The van der Waals surface area contributed by atoms with Gasteiger partial charge >= 0.3 is 0 Å². The summed E-state index contributed by atoms with van der Waals surface area (Å²) in [5.41, 5.74) is 7.57. The Morgan fingerprint density at radius 1 is 0.792 bits per heavy atom. The maximum atomic E-state index is 2.30. The lowest BCUT2D eigenvalue weighted by Gasteiger charge is -2.02. The molecule has 1 heterocycles. The molecule has 0 fully saturated rings. The lowest BCUT2D eigenvalue weighted by molar-refractivity contribution is -0.634. The van der Waals surface area contributed by atoms with Gasteiger partial charge in [0.15, 0.2) is 11.0 Å². The summed E-state index contributed by atoms with van der Waals surface area (Å²) in [6.45, 7) is 2.17. The summed E-state index contributed by atoms with van der Waals surface area (Å²) in [6.07, 6.45) is 0. The third-order valence-corrected chi connectivity index (χ3v) is 4.83. The number of aryl methyl sites for hydroxylation is 3. The summed E-state index contributed by atoms with van der Waals surface area (Å²) in [5, 5.41) is 0. The van der Waals surface area contributed by atoms with Crippen LogP contribution >= 0.6 is 0 Å². The number of nitrogens with zero attached hydrogens (tertiary/aromatic N) is 2. The zero-order valence-corrected chi connectivity index (χ0v) is 14.3. The van der Waals surface area contributed by atoms with Gasteiger partial charge in [-0.25, -0.2) is 9.13 Å². The molecule has 2 nitrogen and oxygen atoms in total. The standard InChI is InChI=1S/C22H21N2/c1-16-9-7-8-12-19(16)22-23(2)20-14-13-18(15-21(20)24(22)3)17-10-5-4-6-11-17/h4-15H,1-3H3/q+1. The zero-order chi connectivity index (χ0) is 16.7. The van der Waals surface area contributed by atoms with Crippen molar-refractivity contribution in [2.45, 2.75) is 6.92 Å². The van der Waals surface area contributed by atoms with Gasteiger partial charge in [-0.3, -0.25) is 0 Å². The molecule has 0 atom stereocenters. The SMILES string of the molecule is Cc1ccccc1-c1n(C)c2cc(-c3ccccc3)ccc2[n+]1C. The van der Waals surface area contributed by atoms with E-state index in [4.69, 9.17) is 0 Å². The van der Waals surface area contributed by atoms with Gasteiger partial charge in [-0.2, -0.15) is 0 Å². The van der Waals surface area contributed by atoms with Gasteiger partial charge in [0.1, 0.15) is 0 Å². The number of hydrogen-bond acceptors (Lipinski definition) is 0. The largest absolute Gasteiger partial charge is 0.289 e. The molecule has 118 valence electrons. The Labute approximate surface area is 142 Å². The first-order valence-electron chi connectivity index (χ1n) is 8.26. The number of fused-ring (bicyclic) bond motifs is 1. The number of imidazole rings is 1. The van der Waals surface area contributed by atoms with Crippen molar-refractivity contribution in [3.8, 4) is 22.5 Å². The fourth-order valence-electron chi connectivity index (χ4n) is 3.52. The lowest BCUT2D eigenvalue weighted by Crippen LogP contribution is -2.30. The van der Waals surface area contributed by atoms with E-state index < -0.39 is 0 Å². The average molecular weight is 313 g/mol. The van der Waals surface area contributed by atoms with E-state index in [1.807, 2.05) is 0 Å². The molecule has 4 rings (SSSR count). The van der Waals surface area contributed by atoms with E-state index in [0.717, 1.165) is 0 Å². The summed E-state index contributed by atoms with van der Waals surface area (Å²) >= 11 is 0. The lowest BCUT2D eigenvalue weighted by atomic mass is 10.1. The molecule has 4 aromatic rings. The van der Waals surface area contributed by atoms with Crippen LogP contribution in [0.4, 0.5) is 0 Å². The molecule has 3 aromatic carbocycles. The highest BCUT2D eigenvalue weighted by Crippen LogP contribution is 2.28. The molecule has 0 aliphatic heterocycles. The number of aromatic nitrogens is 2. The van der Waals surface area contributed by atoms with E-state index in [2.05, 4.69) is 103 Å². The van der Waals surface area contributed by atoms with Crippen molar-refractivity contribution in [1.82, 2.24) is 4.57 Å². The van der Waals surface area contributed by atoms with Crippen LogP contribution in [-0.4, -0.2) is 4.57 Å². The molecule has 2 heteroatoms. The number of benzene rings is 3. The van der Waals surface area contributed by atoms with Crippen molar-refractivity contribution in [2.75, 3.05) is 0 Å². The highest BCUT2D eigenvalue weighted by atomic mass is 15.1. The van der Waals surface area contributed by atoms with Gasteiger partial charge in [0, 0.05) is 0 Å². The Balaban J connectivity index is 1.97. The molecular formula is C22H21N2+. The quantitative estimate of drug-likeness (QED) is 0.477. The minimum atomic E-state index is 1.23. The zero-order valence-electron chi connectivity index (χ0n) is 14.3. The molecule has 0 unspecified atom stereocenters. The molecular weight excluding hydrogens is 292 g/mol. The van der Waals surface area contributed by atoms with Crippen LogP contribution in [0.1, 0.15) is 5.56 Å². The van der Waals surface area contributed by atoms with Gasteiger partial charge in [-0.1, -0.05) is 48.5 Å². The number of hydrogen-bond donors (Lipinski definition) is 0. The normalized spacial score (nSPS) is 11.1. The Hall–Kier alpha value is -2.87. The van der Waals surface area contributed by atoms with E-state index in [1.165, 1.54) is 39.1 Å². The van der Waals surface area contributed by atoms with Crippen molar-refractivity contribution >= 4 is 11.0 Å². The first-order valence-corrected chi connectivity index (χ1v) is 8.26. The molecule has 24 heavy (non-hydrogen) atoms. The third kappa shape index (κ3) is 2.23. The Kier molecular flexibility index (Phi) is 3.46. The van der Waals surface area contributed by atoms with Crippen molar-refractivity contribution < 1.29 is 4.57 Å². The predicted molar refractivity (Wildman–Crippen MR) is 99.7 cm³/mol. The van der Waals surface area contributed by atoms with Crippen molar-refractivity contribution in [3.63, 3.8) is 0 Å². The van der Waals surface area contributed by atoms with Crippen LogP contribution in [0, 0.1) is 6.92 Å². The van der Waals surface area contributed by atoms with Crippen molar-refractivity contribution in [3.05, 3.63) is 78.4 Å². The van der Waals surface area contributed by atoms with Crippen LogP contribution in [0.3, 0.4) is 0 Å². The van der Waals surface area contributed by atoms with E-state index in [9.17, 15) is 0 Å². The molecule has 1 aromatic heterocycles. The number of rotatable bonds is 2. The second-order valence-corrected chi connectivity index (χ2v) is 6.33. The smallest absolute Gasteiger partial charge is 0.226 e.